The maximum Gasteiger partial charge on any atom is 0.223 e. The Balaban J connectivity index is 1.55. The molecule has 2 aliphatic carbocycles. The van der Waals surface area contributed by atoms with E-state index in [2.05, 4.69) is 12.2 Å². The summed E-state index contributed by atoms with van der Waals surface area (Å²) in [6.07, 6.45) is 6.09. The number of amides is 1. The number of carbonyl (C=O) groups is 1. The summed E-state index contributed by atoms with van der Waals surface area (Å²) in [6.45, 7) is 3.74. The van der Waals surface area contributed by atoms with Gasteiger partial charge in [0, 0.05) is 12.5 Å². The maximum atomic E-state index is 11.8. The van der Waals surface area contributed by atoms with Crippen LogP contribution in [0.5, 0.6) is 0 Å². The average Bonchev–Trinajstić information content (AvgIpc) is 2.78. The van der Waals surface area contributed by atoms with Gasteiger partial charge in [-0.2, -0.15) is 0 Å². The molecular weight excluding hydrogens is 200 g/mol. The smallest absolute Gasteiger partial charge is 0.223 e. The third kappa shape index (κ3) is 2.57. The van der Waals surface area contributed by atoms with Gasteiger partial charge in [0.1, 0.15) is 0 Å². The molecule has 2 rings (SSSR count). The first-order valence-electron chi connectivity index (χ1n) is 6.71. The average molecular weight is 224 g/mol. The van der Waals surface area contributed by atoms with Crippen LogP contribution in [0.2, 0.25) is 0 Å². The van der Waals surface area contributed by atoms with Crippen LogP contribution in [0.1, 0.15) is 39.0 Å². The summed E-state index contributed by atoms with van der Waals surface area (Å²) in [5.41, 5.74) is 5.55. The van der Waals surface area contributed by atoms with Crippen molar-refractivity contribution in [3.05, 3.63) is 0 Å². The Morgan fingerprint density at radius 3 is 2.75 bits per heavy atom. The summed E-state index contributed by atoms with van der Waals surface area (Å²) in [5, 5.41) is 3.07. The van der Waals surface area contributed by atoms with Gasteiger partial charge in [-0.25, -0.2) is 0 Å². The Hall–Kier alpha value is -0.570. The van der Waals surface area contributed by atoms with Gasteiger partial charge in [-0.15, -0.1) is 0 Å². The topological polar surface area (TPSA) is 55.1 Å². The second kappa shape index (κ2) is 5.17. The Bertz CT molecular complexity index is 244. The minimum Gasteiger partial charge on any atom is -0.356 e. The van der Waals surface area contributed by atoms with Crippen LogP contribution in [0.4, 0.5) is 0 Å². The summed E-state index contributed by atoms with van der Waals surface area (Å²) >= 11 is 0. The molecule has 0 aromatic rings. The molecule has 3 unspecified atom stereocenters. The SMILES string of the molecule is CC(CN)CCCNC(=O)C1C2CCCC21. The third-order valence-corrected chi connectivity index (χ3v) is 4.28. The van der Waals surface area contributed by atoms with Crippen LogP contribution in [0.25, 0.3) is 0 Å². The highest BCUT2D eigenvalue weighted by Gasteiger charge is 2.56. The van der Waals surface area contributed by atoms with Gasteiger partial charge in [0.25, 0.3) is 0 Å². The van der Waals surface area contributed by atoms with E-state index in [-0.39, 0.29) is 0 Å². The molecule has 3 atom stereocenters. The quantitative estimate of drug-likeness (QED) is 0.672. The van der Waals surface area contributed by atoms with Crippen molar-refractivity contribution in [3.8, 4) is 0 Å². The van der Waals surface area contributed by atoms with E-state index < -0.39 is 0 Å². The maximum absolute atomic E-state index is 11.8. The third-order valence-electron chi connectivity index (χ3n) is 4.28. The van der Waals surface area contributed by atoms with E-state index in [1.54, 1.807) is 0 Å². The van der Waals surface area contributed by atoms with Gasteiger partial charge < -0.3 is 11.1 Å². The van der Waals surface area contributed by atoms with Crippen LogP contribution >= 0.6 is 0 Å². The lowest BCUT2D eigenvalue weighted by atomic mass is 10.1. The zero-order valence-corrected chi connectivity index (χ0v) is 10.2. The lowest BCUT2D eigenvalue weighted by molar-refractivity contribution is -0.123. The highest BCUT2D eigenvalue weighted by molar-refractivity contribution is 5.82. The largest absolute Gasteiger partial charge is 0.356 e. The van der Waals surface area contributed by atoms with Gasteiger partial charge in [0.15, 0.2) is 0 Å². The van der Waals surface area contributed by atoms with E-state index in [1.165, 1.54) is 19.3 Å². The van der Waals surface area contributed by atoms with E-state index in [1.807, 2.05) is 0 Å². The fourth-order valence-corrected chi connectivity index (χ4v) is 3.11. The van der Waals surface area contributed by atoms with Crippen molar-refractivity contribution < 1.29 is 4.79 Å². The predicted octanol–water partition coefficient (Wildman–Crippen LogP) is 1.52. The predicted molar refractivity (Wildman–Crippen MR) is 64.8 cm³/mol. The number of carbonyl (C=O) groups excluding carboxylic acids is 1. The number of fused-ring (bicyclic) bond motifs is 1. The lowest BCUT2D eigenvalue weighted by Crippen LogP contribution is -2.28. The van der Waals surface area contributed by atoms with Crippen LogP contribution in [0.15, 0.2) is 0 Å². The normalized spacial score (nSPS) is 33.2. The summed E-state index contributed by atoms with van der Waals surface area (Å²) < 4.78 is 0. The molecule has 0 heterocycles. The van der Waals surface area contributed by atoms with Crippen molar-refractivity contribution in [2.45, 2.75) is 39.0 Å². The van der Waals surface area contributed by atoms with Crippen LogP contribution in [-0.2, 0) is 4.79 Å². The fourth-order valence-electron chi connectivity index (χ4n) is 3.11. The summed E-state index contributed by atoms with van der Waals surface area (Å²) in [7, 11) is 0. The summed E-state index contributed by atoms with van der Waals surface area (Å²) in [6, 6.07) is 0. The fraction of sp³-hybridized carbons (Fsp3) is 0.923. The van der Waals surface area contributed by atoms with Crippen LogP contribution in [-0.4, -0.2) is 19.0 Å². The number of hydrogen-bond acceptors (Lipinski definition) is 2. The minimum absolute atomic E-state index is 0.315. The van der Waals surface area contributed by atoms with E-state index in [0.717, 1.165) is 37.8 Å². The second-order valence-corrected chi connectivity index (χ2v) is 5.56. The van der Waals surface area contributed by atoms with Crippen LogP contribution in [0.3, 0.4) is 0 Å². The van der Waals surface area contributed by atoms with Gasteiger partial charge >= 0.3 is 0 Å². The summed E-state index contributed by atoms with van der Waals surface area (Å²) in [4.78, 5) is 11.8. The Morgan fingerprint density at radius 1 is 1.44 bits per heavy atom. The van der Waals surface area contributed by atoms with Gasteiger partial charge in [0.05, 0.1) is 0 Å². The van der Waals surface area contributed by atoms with E-state index in [0.29, 0.717) is 17.7 Å². The molecule has 0 bridgehead atoms. The van der Waals surface area contributed by atoms with Crippen molar-refractivity contribution >= 4 is 5.91 Å². The zero-order valence-electron chi connectivity index (χ0n) is 10.2. The van der Waals surface area contributed by atoms with Crippen LogP contribution in [0, 0.1) is 23.7 Å². The monoisotopic (exact) mass is 224 g/mol. The first-order chi connectivity index (χ1) is 7.74. The molecular formula is C13H24N2O. The first-order valence-corrected chi connectivity index (χ1v) is 6.71. The van der Waals surface area contributed by atoms with Crippen molar-refractivity contribution in [3.63, 3.8) is 0 Å². The van der Waals surface area contributed by atoms with Crippen molar-refractivity contribution in [2.24, 2.45) is 29.4 Å². The Labute approximate surface area is 98.2 Å². The first kappa shape index (κ1) is 11.9. The number of nitrogens with one attached hydrogen (secondary N) is 1. The van der Waals surface area contributed by atoms with Gasteiger partial charge in [-0.05, 0) is 50.0 Å². The van der Waals surface area contributed by atoms with E-state index >= 15 is 0 Å². The molecule has 0 aromatic carbocycles. The molecule has 3 nitrogen and oxygen atoms in total. The molecule has 0 radical (unpaired) electrons. The number of rotatable bonds is 6. The molecule has 16 heavy (non-hydrogen) atoms. The van der Waals surface area contributed by atoms with Crippen molar-refractivity contribution in [1.82, 2.24) is 5.32 Å². The molecule has 1 amide bonds. The Kier molecular flexibility index (Phi) is 3.85. The van der Waals surface area contributed by atoms with Crippen molar-refractivity contribution in [1.29, 1.82) is 0 Å². The second-order valence-electron chi connectivity index (χ2n) is 5.56. The Morgan fingerprint density at radius 2 is 2.12 bits per heavy atom. The molecule has 0 aromatic heterocycles. The van der Waals surface area contributed by atoms with E-state index in [9.17, 15) is 4.79 Å². The van der Waals surface area contributed by atoms with E-state index in [4.69, 9.17) is 5.73 Å². The van der Waals surface area contributed by atoms with Gasteiger partial charge in [0.2, 0.25) is 5.91 Å². The van der Waals surface area contributed by atoms with Crippen LogP contribution < -0.4 is 11.1 Å². The molecule has 92 valence electrons. The molecule has 0 saturated heterocycles. The molecule has 0 aliphatic heterocycles. The molecule has 0 spiro atoms. The van der Waals surface area contributed by atoms with Gasteiger partial charge in [-0.1, -0.05) is 13.3 Å². The highest BCUT2D eigenvalue weighted by Crippen LogP contribution is 2.57. The summed E-state index contributed by atoms with van der Waals surface area (Å²) in [5.74, 6) is 2.75. The number of nitrogens with two attached hydrogens (primary N) is 1. The lowest BCUT2D eigenvalue weighted by Gasteiger charge is -2.09. The minimum atomic E-state index is 0.315. The molecule has 2 saturated carbocycles. The molecule has 2 fully saturated rings. The molecule has 3 heteroatoms. The standard InChI is InChI=1S/C13H24N2O/c1-9(8-14)4-3-7-15-13(16)12-10-5-2-6-11(10)12/h9-12H,2-8,14H2,1H3,(H,15,16). The molecule has 3 N–H and O–H groups in total. The molecule has 2 aliphatic rings. The van der Waals surface area contributed by atoms with Gasteiger partial charge in [-0.3, -0.25) is 4.79 Å². The highest BCUT2D eigenvalue weighted by atomic mass is 16.2. The number of hydrogen-bond donors (Lipinski definition) is 2. The zero-order chi connectivity index (χ0) is 11.5. The van der Waals surface area contributed by atoms with Crippen molar-refractivity contribution in [2.75, 3.05) is 13.1 Å².